The molecule has 3 rings (SSSR count). The molecule has 0 spiro atoms. The molecule has 1 N–H and O–H groups in total. The van der Waals surface area contributed by atoms with Crippen LogP contribution in [-0.4, -0.2) is 45.8 Å². The predicted octanol–water partition coefficient (Wildman–Crippen LogP) is 2.87. The molecule has 24 heavy (non-hydrogen) atoms. The summed E-state index contributed by atoms with van der Waals surface area (Å²) in [7, 11) is 0. The van der Waals surface area contributed by atoms with Crippen LogP contribution in [0.1, 0.15) is 43.5 Å². The number of amides is 1. The number of carbonyl (C=O) groups excluding carboxylic acids is 1. The van der Waals surface area contributed by atoms with E-state index < -0.39 is 0 Å². The maximum Gasteiger partial charge on any atom is 0.251 e. The highest BCUT2D eigenvalue weighted by Crippen LogP contribution is 2.20. The van der Waals surface area contributed by atoms with Crippen LogP contribution in [0.4, 0.5) is 0 Å². The molecule has 0 atom stereocenters. The zero-order valence-electron chi connectivity index (χ0n) is 14.5. The number of hydrogen-bond donors (Lipinski definition) is 1. The van der Waals surface area contributed by atoms with Gasteiger partial charge in [0.05, 0.1) is 5.69 Å². The van der Waals surface area contributed by atoms with Crippen molar-refractivity contribution in [3.63, 3.8) is 0 Å². The van der Waals surface area contributed by atoms with Gasteiger partial charge >= 0.3 is 0 Å². The second kappa shape index (κ2) is 7.18. The van der Waals surface area contributed by atoms with Crippen LogP contribution < -0.4 is 5.32 Å². The van der Waals surface area contributed by atoms with Gasteiger partial charge < -0.3 is 5.32 Å². The highest BCUT2D eigenvalue weighted by Gasteiger charge is 2.28. The van der Waals surface area contributed by atoms with Gasteiger partial charge in [-0.25, -0.2) is 4.68 Å². The number of nitrogens with zero attached hydrogens (tertiary/aromatic N) is 3. The maximum atomic E-state index is 12.4. The standard InChI is InChI=1S/C19H26N4O/c1-19(2,22-12-4-3-5-13-22)15-20-18(24)16-7-9-17(10-8-16)23-14-6-11-21-23/h6-11,14H,3-5,12-13,15H2,1-2H3,(H,20,24). The van der Waals surface area contributed by atoms with Crippen molar-refractivity contribution in [2.45, 2.75) is 38.6 Å². The Balaban J connectivity index is 1.58. The number of hydrogen-bond acceptors (Lipinski definition) is 3. The zero-order chi connectivity index (χ0) is 17.0. The highest BCUT2D eigenvalue weighted by atomic mass is 16.1. The predicted molar refractivity (Wildman–Crippen MR) is 95.4 cm³/mol. The number of piperidine rings is 1. The van der Waals surface area contributed by atoms with E-state index in [0.29, 0.717) is 12.1 Å². The Bertz CT molecular complexity index is 655. The molecule has 0 radical (unpaired) electrons. The van der Waals surface area contributed by atoms with Crippen LogP contribution in [0.25, 0.3) is 5.69 Å². The van der Waals surface area contributed by atoms with Gasteiger partial charge in [0, 0.05) is 30.0 Å². The van der Waals surface area contributed by atoms with Gasteiger partial charge in [0.15, 0.2) is 0 Å². The molecule has 0 bridgehead atoms. The lowest BCUT2D eigenvalue weighted by Gasteiger charge is -2.41. The first kappa shape index (κ1) is 16.7. The van der Waals surface area contributed by atoms with Crippen LogP contribution in [0.15, 0.2) is 42.7 Å². The summed E-state index contributed by atoms with van der Waals surface area (Å²) in [6.45, 7) is 7.33. The lowest BCUT2D eigenvalue weighted by Crippen LogP contribution is -2.53. The second-order valence-electron chi connectivity index (χ2n) is 7.04. The Kier molecular flexibility index (Phi) is 5.00. The first-order valence-electron chi connectivity index (χ1n) is 8.70. The summed E-state index contributed by atoms with van der Waals surface area (Å²) in [5.41, 5.74) is 1.62. The van der Waals surface area contributed by atoms with Crippen molar-refractivity contribution in [2.75, 3.05) is 19.6 Å². The van der Waals surface area contributed by atoms with Crippen LogP contribution in [-0.2, 0) is 0 Å². The summed E-state index contributed by atoms with van der Waals surface area (Å²) >= 11 is 0. The minimum atomic E-state index is -0.0212. The van der Waals surface area contributed by atoms with Crippen molar-refractivity contribution >= 4 is 5.91 Å². The molecule has 5 nitrogen and oxygen atoms in total. The third-order valence-electron chi connectivity index (χ3n) is 4.79. The SMILES string of the molecule is CC(C)(CNC(=O)c1ccc(-n2cccn2)cc1)N1CCCCC1. The van der Waals surface area contributed by atoms with E-state index in [1.807, 2.05) is 36.5 Å². The van der Waals surface area contributed by atoms with Gasteiger partial charge in [0.1, 0.15) is 0 Å². The van der Waals surface area contributed by atoms with Crippen LogP contribution in [0.3, 0.4) is 0 Å². The third kappa shape index (κ3) is 3.85. The van der Waals surface area contributed by atoms with E-state index in [1.165, 1.54) is 19.3 Å². The number of likely N-dealkylation sites (tertiary alicyclic amines) is 1. The van der Waals surface area contributed by atoms with Gasteiger partial charge in [-0.1, -0.05) is 6.42 Å². The van der Waals surface area contributed by atoms with Crippen molar-refractivity contribution in [3.05, 3.63) is 48.3 Å². The summed E-state index contributed by atoms with van der Waals surface area (Å²) < 4.78 is 1.78. The lowest BCUT2D eigenvalue weighted by atomic mass is 9.98. The van der Waals surface area contributed by atoms with Crippen molar-refractivity contribution in [1.82, 2.24) is 20.0 Å². The highest BCUT2D eigenvalue weighted by molar-refractivity contribution is 5.94. The molecule has 1 aliphatic heterocycles. The van der Waals surface area contributed by atoms with Gasteiger partial charge in [-0.3, -0.25) is 9.69 Å². The Morgan fingerprint density at radius 2 is 1.88 bits per heavy atom. The summed E-state index contributed by atoms with van der Waals surface area (Å²) in [5, 5.41) is 7.28. The monoisotopic (exact) mass is 326 g/mol. The van der Waals surface area contributed by atoms with Crippen LogP contribution in [0.2, 0.25) is 0 Å². The van der Waals surface area contributed by atoms with Crippen LogP contribution >= 0.6 is 0 Å². The molecule has 1 amide bonds. The first-order chi connectivity index (χ1) is 11.6. The molecule has 1 fully saturated rings. The van der Waals surface area contributed by atoms with E-state index in [4.69, 9.17) is 0 Å². The first-order valence-corrected chi connectivity index (χ1v) is 8.70. The largest absolute Gasteiger partial charge is 0.350 e. The fraction of sp³-hybridized carbons (Fsp3) is 0.474. The van der Waals surface area contributed by atoms with Gasteiger partial charge in [0.25, 0.3) is 5.91 Å². The third-order valence-corrected chi connectivity index (χ3v) is 4.79. The molecule has 1 aromatic carbocycles. The van der Waals surface area contributed by atoms with Crippen molar-refractivity contribution in [3.8, 4) is 5.69 Å². The fourth-order valence-electron chi connectivity index (χ4n) is 3.20. The number of rotatable bonds is 5. The van der Waals surface area contributed by atoms with E-state index in [-0.39, 0.29) is 11.4 Å². The Morgan fingerprint density at radius 3 is 2.50 bits per heavy atom. The number of aromatic nitrogens is 2. The quantitative estimate of drug-likeness (QED) is 0.919. The molecular weight excluding hydrogens is 300 g/mol. The van der Waals surface area contributed by atoms with Crippen molar-refractivity contribution in [1.29, 1.82) is 0 Å². The molecule has 2 heterocycles. The average Bonchev–Trinajstić information content (AvgIpc) is 3.15. The smallest absolute Gasteiger partial charge is 0.251 e. The molecule has 5 heteroatoms. The van der Waals surface area contributed by atoms with Gasteiger partial charge in [0.2, 0.25) is 0 Å². The van der Waals surface area contributed by atoms with Crippen LogP contribution in [0, 0.1) is 0 Å². The minimum Gasteiger partial charge on any atom is -0.350 e. The number of nitrogens with one attached hydrogen (secondary N) is 1. The minimum absolute atomic E-state index is 0.00885. The van der Waals surface area contributed by atoms with Crippen molar-refractivity contribution < 1.29 is 4.79 Å². The normalized spacial score (nSPS) is 16.1. The fourth-order valence-corrected chi connectivity index (χ4v) is 3.20. The molecule has 1 aliphatic rings. The summed E-state index contributed by atoms with van der Waals surface area (Å²) in [6.07, 6.45) is 7.46. The Hall–Kier alpha value is -2.14. The molecule has 1 saturated heterocycles. The van der Waals surface area contributed by atoms with Gasteiger partial charge in [-0.2, -0.15) is 5.10 Å². The van der Waals surface area contributed by atoms with Gasteiger partial charge in [-0.15, -0.1) is 0 Å². The van der Waals surface area contributed by atoms with E-state index in [1.54, 1.807) is 10.9 Å². The summed E-state index contributed by atoms with van der Waals surface area (Å²) in [5.74, 6) is -0.0212. The van der Waals surface area contributed by atoms with Gasteiger partial charge in [-0.05, 0) is 70.1 Å². The zero-order valence-corrected chi connectivity index (χ0v) is 14.5. The second-order valence-corrected chi connectivity index (χ2v) is 7.04. The maximum absolute atomic E-state index is 12.4. The van der Waals surface area contributed by atoms with Crippen molar-refractivity contribution in [2.24, 2.45) is 0 Å². The van der Waals surface area contributed by atoms with E-state index in [0.717, 1.165) is 18.8 Å². The molecular formula is C19H26N4O. The topological polar surface area (TPSA) is 50.2 Å². The number of carbonyl (C=O) groups is 1. The average molecular weight is 326 g/mol. The molecule has 0 aliphatic carbocycles. The van der Waals surface area contributed by atoms with E-state index in [9.17, 15) is 4.79 Å². The molecule has 0 unspecified atom stereocenters. The number of benzene rings is 1. The Morgan fingerprint density at radius 1 is 1.17 bits per heavy atom. The lowest BCUT2D eigenvalue weighted by molar-refractivity contribution is 0.0797. The summed E-state index contributed by atoms with van der Waals surface area (Å²) in [6, 6.07) is 9.40. The summed E-state index contributed by atoms with van der Waals surface area (Å²) in [4.78, 5) is 14.9. The van der Waals surface area contributed by atoms with E-state index in [2.05, 4.69) is 29.2 Å². The molecule has 1 aromatic heterocycles. The van der Waals surface area contributed by atoms with Crippen LogP contribution in [0.5, 0.6) is 0 Å². The Labute approximate surface area is 143 Å². The molecule has 0 saturated carbocycles. The molecule has 128 valence electrons. The molecule has 2 aromatic rings. The van der Waals surface area contributed by atoms with E-state index >= 15 is 0 Å².